The third kappa shape index (κ3) is 5.63. The lowest BCUT2D eigenvalue weighted by Crippen LogP contribution is -2.09. The Kier molecular flexibility index (Phi) is 6.55. The third-order valence-electron chi connectivity index (χ3n) is 2.32. The number of hydrogen-bond donors (Lipinski definition) is 0. The monoisotopic (exact) mass is 256 g/mol. The van der Waals surface area contributed by atoms with E-state index >= 15 is 0 Å². The Hall–Kier alpha value is -1.16. The first-order valence-corrected chi connectivity index (χ1v) is 6.28. The van der Waals surface area contributed by atoms with Crippen LogP contribution in [-0.4, -0.2) is 22.8 Å². The number of rotatable bonds is 7. The van der Waals surface area contributed by atoms with E-state index in [9.17, 15) is 4.79 Å². The molecule has 0 atom stereocenters. The molecule has 1 rings (SSSR count). The summed E-state index contributed by atoms with van der Waals surface area (Å²) in [6.45, 7) is 2.60. The van der Waals surface area contributed by atoms with Gasteiger partial charge in [-0.2, -0.15) is 0 Å². The van der Waals surface area contributed by atoms with Crippen LogP contribution in [0.5, 0.6) is 0 Å². The third-order valence-corrected chi connectivity index (χ3v) is 2.52. The number of nitrogens with zero attached hydrogens (tertiary/aromatic N) is 2. The number of ether oxygens (including phenoxy) is 1. The minimum absolute atomic E-state index is 0.197. The van der Waals surface area contributed by atoms with Crippen molar-refractivity contribution in [1.82, 2.24) is 10.2 Å². The van der Waals surface area contributed by atoms with Gasteiger partial charge in [-0.15, -0.1) is 10.2 Å². The molecule has 5 heteroatoms. The Bertz CT molecular complexity index is 341. The normalized spacial score (nSPS) is 10.2. The highest BCUT2D eigenvalue weighted by molar-refractivity contribution is 6.29. The summed E-state index contributed by atoms with van der Waals surface area (Å²) >= 11 is 5.57. The summed E-state index contributed by atoms with van der Waals surface area (Å²) in [7, 11) is 0. The molecule has 0 spiro atoms. The van der Waals surface area contributed by atoms with Crippen LogP contribution >= 0.6 is 11.6 Å². The van der Waals surface area contributed by atoms with Crippen LogP contribution in [0.4, 0.5) is 0 Å². The van der Waals surface area contributed by atoms with Crippen LogP contribution in [-0.2, 0) is 4.74 Å². The van der Waals surface area contributed by atoms with E-state index in [0.29, 0.717) is 6.61 Å². The lowest BCUT2D eigenvalue weighted by Gasteiger charge is -2.03. The van der Waals surface area contributed by atoms with Gasteiger partial charge < -0.3 is 4.74 Å². The fourth-order valence-corrected chi connectivity index (χ4v) is 1.47. The number of aromatic nitrogens is 2. The highest BCUT2D eigenvalue weighted by Gasteiger charge is 2.08. The van der Waals surface area contributed by atoms with Gasteiger partial charge in [0.1, 0.15) is 0 Å². The molecule has 4 nitrogen and oxygen atoms in total. The minimum Gasteiger partial charge on any atom is -0.461 e. The van der Waals surface area contributed by atoms with E-state index in [1.54, 1.807) is 0 Å². The molecule has 0 radical (unpaired) electrons. The summed E-state index contributed by atoms with van der Waals surface area (Å²) in [6.07, 6.45) is 5.62. The summed E-state index contributed by atoms with van der Waals surface area (Å²) in [6, 6.07) is 3.03. The van der Waals surface area contributed by atoms with E-state index in [1.165, 1.54) is 31.4 Å². The summed E-state index contributed by atoms with van der Waals surface area (Å²) in [4.78, 5) is 11.5. The van der Waals surface area contributed by atoms with E-state index in [0.717, 1.165) is 12.8 Å². The van der Waals surface area contributed by atoms with Gasteiger partial charge in [0.25, 0.3) is 0 Å². The van der Waals surface area contributed by atoms with E-state index < -0.39 is 5.97 Å². The second kappa shape index (κ2) is 8.01. The number of hydrogen-bond acceptors (Lipinski definition) is 4. The average molecular weight is 257 g/mol. The van der Waals surface area contributed by atoms with Crippen molar-refractivity contribution < 1.29 is 9.53 Å². The Morgan fingerprint density at radius 3 is 2.65 bits per heavy atom. The Morgan fingerprint density at radius 2 is 2.00 bits per heavy atom. The highest BCUT2D eigenvalue weighted by Crippen LogP contribution is 2.05. The van der Waals surface area contributed by atoms with Crippen LogP contribution in [0.3, 0.4) is 0 Å². The second-order valence-electron chi connectivity index (χ2n) is 3.79. The molecule has 0 aliphatic heterocycles. The zero-order chi connectivity index (χ0) is 12.5. The lowest BCUT2D eigenvalue weighted by molar-refractivity contribution is 0.0489. The molecule has 0 N–H and O–H groups in total. The van der Waals surface area contributed by atoms with Crippen LogP contribution < -0.4 is 0 Å². The van der Waals surface area contributed by atoms with Gasteiger partial charge in [-0.1, -0.05) is 44.2 Å². The summed E-state index contributed by atoms with van der Waals surface area (Å²) in [5.41, 5.74) is 0.197. The van der Waals surface area contributed by atoms with Crippen molar-refractivity contribution in [1.29, 1.82) is 0 Å². The quantitative estimate of drug-likeness (QED) is 0.555. The van der Waals surface area contributed by atoms with Crippen molar-refractivity contribution >= 4 is 17.6 Å². The number of carbonyl (C=O) groups is 1. The van der Waals surface area contributed by atoms with Gasteiger partial charge in [0, 0.05) is 0 Å². The molecule has 0 unspecified atom stereocenters. The molecule has 1 aromatic rings. The van der Waals surface area contributed by atoms with Gasteiger partial charge in [-0.25, -0.2) is 4.79 Å². The van der Waals surface area contributed by atoms with Crippen molar-refractivity contribution in [2.75, 3.05) is 6.61 Å². The largest absolute Gasteiger partial charge is 0.461 e. The maximum absolute atomic E-state index is 11.5. The van der Waals surface area contributed by atoms with Crippen LogP contribution in [0.25, 0.3) is 0 Å². The second-order valence-corrected chi connectivity index (χ2v) is 4.18. The molecule has 1 heterocycles. The van der Waals surface area contributed by atoms with Crippen molar-refractivity contribution in [3.8, 4) is 0 Å². The van der Waals surface area contributed by atoms with Crippen LogP contribution in [0.15, 0.2) is 12.1 Å². The molecule has 0 saturated carbocycles. The first kappa shape index (κ1) is 13.9. The SMILES string of the molecule is CCCCCCCOC(=O)c1ccc(Cl)nn1. The first-order chi connectivity index (χ1) is 8.24. The summed E-state index contributed by atoms with van der Waals surface area (Å²) in [5.74, 6) is -0.440. The molecule has 94 valence electrons. The summed E-state index contributed by atoms with van der Waals surface area (Å²) in [5, 5.41) is 7.50. The zero-order valence-corrected chi connectivity index (χ0v) is 10.7. The topological polar surface area (TPSA) is 52.1 Å². The fourth-order valence-electron chi connectivity index (χ4n) is 1.37. The van der Waals surface area contributed by atoms with Crippen molar-refractivity contribution in [3.63, 3.8) is 0 Å². The molecule has 17 heavy (non-hydrogen) atoms. The smallest absolute Gasteiger partial charge is 0.358 e. The van der Waals surface area contributed by atoms with Crippen LogP contribution in [0.2, 0.25) is 5.15 Å². The van der Waals surface area contributed by atoms with E-state index in [2.05, 4.69) is 17.1 Å². The Morgan fingerprint density at radius 1 is 1.24 bits per heavy atom. The number of esters is 1. The standard InChI is InChI=1S/C12H17ClN2O2/c1-2-3-4-5-6-9-17-12(16)10-7-8-11(13)15-14-10/h7-8H,2-6,9H2,1H3. The molecule has 0 bridgehead atoms. The van der Waals surface area contributed by atoms with E-state index in [4.69, 9.17) is 16.3 Å². The van der Waals surface area contributed by atoms with E-state index in [-0.39, 0.29) is 10.8 Å². The van der Waals surface area contributed by atoms with Crippen LogP contribution in [0, 0.1) is 0 Å². The van der Waals surface area contributed by atoms with Gasteiger partial charge in [0.2, 0.25) is 0 Å². The van der Waals surface area contributed by atoms with Crippen molar-refractivity contribution in [2.24, 2.45) is 0 Å². The number of carbonyl (C=O) groups excluding carboxylic acids is 1. The average Bonchev–Trinajstić information content (AvgIpc) is 2.34. The molecule has 0 fully saturated rings. The summed E-state index contributed by atoms with van der Waals surface area (Å²) < 4.78 is 5.06. The molecule has 1 aromatic heterocycles. The maximum Gasteiger partial charge on any atom is 0.358 e. The molecule has 0 aliphatic rings. The Labute approximate surface area is 106 Å². The highest BCUT2D eigenvalue weighted by atomic mass is 35.5. The van der Waals surface area contributed by atoms with Gasteiger partial charge in [0.15, 0.2) is 10.8 Å². The Balaban J connectivity index is 2.19. The predicted molar refractivity (Wildman–Crippen MR) is 66.1 cm³/mol. The molecule has 0 aromatic carbocycles. The lowest BCUT2D eigenvalue weighted by atomic mass is 10.2. The van der Waals surface area contributed by atoms with Crippen LogP contribution in [0.1, 0.15) is 49.5 Å². The van der Waals surface area contributed by atoms with Gasteiger partial charge in [0.05, 0.1) is 6.61 Å². The molecular weight excluding hydrogens is 240 g/mol. The number of unbranched alkanes of at least 4 members (excludes halogenated alkanes) is 4. The first-order valence-electron chi connectivity index (χ1n) is 5.90. The van der Waals surface area contributed by atoms with Crippen molar-refractivity contribution in [3.05, 3.63) is 23.0 Å². The van der Waals surface area contributed by atoms with Gasteiger partial charge >= 0.3 is 5.97 Å². The molecule has 0 saturated heterocycles. The zero-order valence-electron chi connectivity index (χ0n) is 9.99. The molecule has 0 aliphatic carbocycles. The number of halogens is 1. The van der Waals surface area contributed by atoms with Gasteiger partial charge in [-0.3, -0.25) is 0 Å². The van der Waals surface area contributed by atoms with Gasteiger partial charge in [-0.05, 0) is 18.6 Å². The fraction of sp³-hybridized carbons (Fsp3) is 0.583. The predicted octanol–water partition coefficient (Wildman–Crippen LogP) is 3.26. The van der Waals surface area contributed by atoms with E-state index in [1.807, 2.05) is 0 Å². The maximum atomic E-state index is 11.5. The minimum atomic E-state index is -0.440. The van der Waals surface area contributed by atoms with Crippen molar-refractivity contribution in [2.45, 2.75) is 39.0 Å². The molecule has 0 amide bonds. The molecular formula is C12H17ClN2O2.